The number of hydrogen-bond donors (Lipinski definition) is 0. The lowest BCUT2D eigenvalue weighted by molar-refractivity contribution is -0.551. The van der Waals surface area contributed by atoms with Crippen LogP contribution >= 0.6 is 0 Å². The van der Waals surface area contributed by atoms with Gasteiger partial charge in [-0.25, -0.2) is 23.5 Å². The molecule has 1 aromatic heterocycles. The largest absolute Gasteiger partial charge is 0.347 e. The normalized spacial score (nSPS) is 60.5. The van der Waals surface area contributed by atoms with Gasteiger partial charge in [0.1, 0.15) is 0 Å². The predicted octanol–water partition coefficient (Wildman–Crippen LogP) is 0.286. The molecule has 3 heterocycles. The number of nitrogens with zero attached hydrogens (tertiary/aromatic N) is 3. The van der Waals surface area contributed by atoms with Crippen LogP contribution in [0, 0.1) is 34.5 Å². The Morgan fingerprint density at radius 2 is 1.40 bits per heavy atom. The van der Waals surface area contributed by atoms with E-state index in [9.17, 15) is 9.59 Å². The van der Waals surface area contributed by atoms with Crippen LogP contribution in [0.2, 0.25) is 0 Å². The lowest BCUT2D eigenvalue weighted by atomic mass is 9.04. The van der Waals surface area contributed by atoms with Crippen molar-refractivity contribution in [3.05, 3.63) is 33.1 Å². The Balaban J connectivity index is 1.67. The van der Waals surface area contributed by atoms with Gasteiger partial charge in [-0.1, -0.05) is 12.2 Å². The van der Waals surface area contributed by atoms with Gasteiger partial charge in [0.05, 0.1) is 12.1 Å². The fourth-order valence-electron chi connectivity index (χ4n) is 8.17. The molecule has 0 saturated heterocycles. The molecule has 8 rings (SSSR count). The van der Waals surface area contributed by atoms with E-state index in [0.29, 0.717) is 34.7 Å². The minimum atomic E-state index is -0.0882. The number of aromatic nitrogens is 3. The maximum Gasteiger partial charge on any atom is 0.347 e. The van der Waals surface area contributed by atoms with Crippen molar-refractivity contribution >= 4 is 0 Å². The molecule has 0 amide bonds. The van der Waals surface area contributed by atoms with Gasteiger partial charge in [0.25, 0.3) is 0 Å². The molecule has 8 atom stereocenters. The van der Waals surface area contributed by atoms with Crippen molar-refractivity contribution in [1.82, 2.24) is 13.9 Å². The second-order valence-electron chi connectivity index (χ2n) is 7.87. The minimum absolute atomic E-state index is 0.0882. The molecule has 20 heavy (non-hydrogen) atoms. The summed E-state index contributed by atoms with van der Waals surface area (Å²) in [7, 11) is 1.63. The topological polar surface area (TPSA) is 48.9 Å². The van der Waals surface area contributed by atoms with Gasteiger partial charge in [0, 0.05) is 17.9 Å². The predicted molar refractivity (Wildman–Crippen MR) is 69.2 cm³/mol. The van der Waals surface area contributed by atoms with Crippen molar-refractivity contribution in [3.63, 3.8) is 0 Å². The molecule has 0 radical (unpaired) electrons. The van der Waals surface area contributed by atoms with Crippen LogP contribution in [-0.4, -0.2) is 13.9 Å². The van der Waals surface area contributed by atoms with Crippen LogP contribution in [-0.2, 0) is 7.05 Å². The van der Waals surface area contributed by atoms with Gasteiger partial charge in [-0.15, -0.1) is 0 Å². The molecule has 4 saturated carbocycles. The summed E-state index contributed by atoms with van der Waals surface area (Å²) in [5.74, 6) is 3.15. The highest BCUT2D eigenvalue weighted by Crippen LogP contribution is 3.03. The zero-order valence-corrected chi connectivity index (χ0v) is 11.2. The second kappa shape index (κ2) is 2.11. The lowest BCUT2D eigenvalue weighted by Gasteiger charge is -3.01. The summed E-state index contributed by atoms with van der Waals surface area (Å²) in [5.41, 5.74) is 0.506. The Kier molecular flexibility index (Phi) is 0.992. The summed E-state index contributed by atoms with van der Waals surface area (Å²) in [5, 5.41) is 0. The maximum absolute atomic E-state index is 12.5. The van der Waals surface area contributed by atoms with E-state index < -0.39 is 0 Å². The van der Waals surface area contributed by atoms with E-state index >= 15 is 0 Å². The van der Waals surface area contributed by atoms with Crippen molar-refractivity contribution in [2.24, 2.45) is 41.5 Å². The van der Waals surface area contributed by atoms with Gasteiger partial charge in [0.15, 0.2) is 0 Å². The molecular weight excluding hydrogens is 254 g/mol. The molecule has 0 aromatic carbocycles. The van der Waals surface area contributed by atoms with E-state index in [4.69, 9.17) is 0 Å². The Bertz CT molecular complexity index is 818. The first-order valence-corrected chi connectivity index (χ1v) is 7.73. The summed E-state index contributed by atoms with van der Waals surface area (Å²) in [6.07, 6.45) is 6.92. The molecule has 2 aliphatic heterocycles. The van der Waals surface area contributed by atoms with Crippen LogP contribution < -0.4 is 11.4 Å². The van der Waals surface area contributed by atoms with E-state index in [1.807, 2.05) is 9.36 Å². The fourth-order valence-corrected chi connectivity index (χ4v) is 8.17. The summed E-state index contributed by atoms with van der Waals surface area (Å²) in [4.78, 5) is 25.0. The Labute approximate surface area is 114 Å². The first kappa shape index (κ1) is 9.42. The van der Waals surface area contributed by atoms with Gasteiger partial charge < -0.3 is 0 Å². The number of rotatable bonds is 0. The second-order valence-corrected chi connectivity index (χ2v) is 7.87. The van der Waals surface area contributed by atoms with Crippen molar-refractivity contribution in [2.75, 3.05) is 0 Å². The molecule has 2 bridgehead atoms. The van der Waals surface area contributed by atoms with Crippen molar-refractivity contribution < 1.29 is 0 Å². The highest BCUT2D eigenvalue weighted by atomic mass is 16.2. The third-order valence-electron chi connectivity index (χ3n) is 8.30. The molecular formula is C15H15N3O2. The number of allylic oxidation sites excluding steroid dienone is 2. The molecule has 5 aliphatic carbocycles. The van der Waals surface area contributed by atoms with Crippen LogP contribution in [0.15, 0.2) is 21.7 Å². The van der Waals surface area contributed by atoms with Crippen LogP contribution in [0.4, 0.5) is 0 Å². The Morgan fingerprint density at radius 3 is 1.85 bits per heavy atom. The highest BCUT2D eigenvalue weighted by molar-refractivity contribution is 5.50. The van der Waals surface area contributed by atoms with Gasteiger partial charge in [-0.3, -0.25) is 0 Å². The monoisotopic (exact) mass is 269 g/mol. The average molecular weight is 269 g/mol. The highest BCUT2D eigenvalue weighted by Gasteiger charge is 3.02. The van der Waals surface area contributed by atoms with Crippen LogP contribution in [0.25, 0.3) is 0 Å². The van der Waals surface area contributed by atoms with Gasteiger partial charge in [-0.05, 0) is 36.5 Å². The van der Waals surface area contributed by atoms with E-state index in [-0.39, 0.29) is 11.4 Å². The third-order valence-corrected chi connectivity index (χ3v) is 8.30. The van der Waals surface area contributed by atoms with Crippen molar-refractivity contribution in [2.45, 2.75) is 24.9 Å². The summed E-state index contributed by atoms with van der Waals surface area (Å²) in [6, 6.07) is 0.637. The Hall–Kier alpha value is -1.52. The molecule has 0 N–H and O–H groups in total. The van der Waals surface area contributed by atoms with Gasteiger partial charge >= 0.3 is 11.4 Å². The third kappa shape index (κ3) is 0.462. The van der Waals surface area contributed by atoms with E-state index in [1.165, 1.54) is 4.57 Å². The van der Waals surface area contributed by atoms with Crippen LogP contribution in [0.3, 0.4) is 0 Å². The first-order valence-electron chi connectivity index (χ1n) is 7.73. The van der Waals surface area contributed by atoms with Crippen LogP contribution in [0.5, 0.6) is 0 Å². The summed E-state index contributed by atoms with van der Waals surface area (Å²) >= 11 is 0. The smallest absolute Gasteiger partial charge is 0.246 e. The van der Waals surface area contributed by atoms with Gasteiger partial charge in [0.2, 0.25) is 0 Å². The average Bonchev–Trinajstić information content (AvgIpc) is 2.64. The fraction of sp³-hybridized carbons (Fsp3) is 0.733. The Morgan fingerprint density at radius 1 is 0.950 bits per heavy atom. The molecule has 7 aliphatic rings. The molecule has 1 aromatic rings. The zero-order valence-electron chi connectivity index (χ0n) is 11.2. The number of hydrogen-bond acceptors (Lipinski definition) is 2. The van der Waals surface area contributed by atoms with E-state index in [1.54, 1.807) is 7.05 Å². The quantitative estimate of drug-likeness (QED) is 0.635. The van der Waals surface area contributed by atoms with Crippen molar-refractivity contribution in [1.29, 1.82) is 0 Å². The summed E-state index contributed by atoms with van der Waals surface area (Å²) < 4.78 is 5.03. The summed E-state index contributed by atoms with van der Waals surface area (Å²) in [6.45, 7) is 0. The molecule has 5 heteroatoms. The maximum atomic E-state index is 12.5. The lowest BCUT2D eigenvalue weighted by Crippen LogP contribution is -3.00. The SMILES string of the molecule is Cn1c(=O)n2n(c1=O)[C@@H]1[C@H]3[C@@H]4[C@@H]5[C@H]3[C@]13CC=CC[C@@]53[C@@H]42. The van der Waals surface area contributed by atoms with E-state index in [2.05, 4.69) is 12.2 Å². The molecule has 5 nitrogen and oxygen atoms in total. The molecule has 4 fully saturated rings. The first-order chi connectivity index (χ1) is 9.68. The standard InChI is InChI=1S/C15H15N3O2/c1-16-12(19)17-10-6-7-9-8(6)14(10)4-2-3-5-15(9,14)11(7)18(17)13(16)20/h2-3,6-11H,4-5H2,1H3/t6-,7+,8-,9+,10-,11-,14+,15-/m1/s1. The molecule has 102 valence electrons. The molecule has 2 spiro atoms. The van der Waals surface area contributed by atoms with Gasteiger partial charge in [-0.2, -0.15) is 0 Å². The molecule has 0 unspecified atom stereocenters. The van der Waals surface area contributed by atoms with Crippen LogP contribution in [0.1, 0.15) is 24.9 Å². The van der Waals surface area contributed by atoms with Crippen molar-refractivity contribution in [3.8, 4) is 0 Å². The van der Waals surface area contributed by atoms with E-state index in [0.717, 1.165) is 24.7 Å². The zero-order chi connectivity index (χ0) is 13.2. The minimum Gasteiger partial charge on any atom is -0.246 e.